The molecule has 104 valence electrons. The molecule has 1 fully saturated rings. The molecule has 0 saturated carbocycles. The van der Waals surface area contributed by atoms with Crippen molar-refractivity contribution in [1.82, 2.24) is 5.32 Å². The smallest absolute Gasteiger partial charge is 0.261 e. The van der Waals surface area contributed by atoms with E-state index in [1.807, 2.05) is 23.6 Å². The maximum Gasteiger partial charge on any atom is 0.261 e. The number of hydrogen-bond donors (Lipinski definition) is 1. The second-order valence-electron chi connectivity index (χ2n) is 5.12. The SMILES string of the molecule is O=C(NC[C@H]1CCN(c2ccccc2)C1)c1cccs1. The molecule has 20 heavy (non-hydrogen) atoms. The number of amides is 1. The number of nitrogens with zero attached hydrogens (tertiary/aromatic N) is 1. The van der Waals surface area contributed by atoms with Crippen LogP contribution in [0.1, 0.15) is 16.1 Å². The van der Waals surface area contributed by atoms with Gasteiger partial charge in [0.2, 0.25) is 0 Å². The zero-order valence-corrected chi connectivity index (χ0v) is 12.1. The highest BCUT2D eigenvalue weighted by atomic mass is 32.1. The lowest BCUT2D eigenvalue weighted by molar-refractivity contribution is 0.0952. The first kappa shape index (κ1) is 13.2. The highest BCUT2D eigenvalue weighted by molar-refractivity contribution is 7.12. The van der Waals surface area contributed by atoms with Crippen molar-refractivity contribution in [1.29, 1.82) is 0 Å². The lowest BCUT2D eigenvalue weighted by atomic mass is 10.1. The van der Waals surface area contributed by atoms with Crippen molar-refractivity contribution in [3.63, 3.8) is 0 Å². The van der Waals surface area contributed by atoms with Gasteiger partial charge in [-0.3, -0.25) is 4.79 Å². The van der Waals surface area contributed by atoms with E-state index in [2.05, 4.69) is 34.5 Å². The van der Waals surface area contributed by atoms with Gasteiger partial charge in [0.25, 0.3) is 5.91 Å². The molecule has 0 radical (unpaired) electrons. The summed E-state index contributed by atoms with van der Waals surface area (Å²) < 4.78 is 0. The van der Waals surface area contributed by atoms with E-state index in [0.29, 0.717) is 5.92 Å². The third kappa shape index (κ3) is 3.02. The van der Waals surface area contributed by atoms with Gasteiger partial charge in [0.1, 0.15) is 0 Å². The number of thiophene rings is 1. The number of rotatable bonds is 4. The van der Waals surface area contributed by atoms with Gasteiger partial charge in [-0.1, -0.05) is 24.3 Å². The van der Waals surface area contributed by atoms with Crippen LogP contribution in [0.4, 0.5) is 5.69 Å². The van der Waals surface area contributed by atoms with Crippen LogP contribution >= 0.6 is 11.3 Å². The quantitative estimate of drug-likeness (QED) is 0.937. The highest BCUT2D eigenvalue weighted by Gasteiger charge is 2.23. The Kier molecular flexibility index (Phi) is 4.02. The molecule has 1 amide bonds. The molecule has 1 aromatic heterocycles. The van der Waals surface area contributed by atoms with E-state index in [9.17, 15) is 4.79 Å². The van der Waals surface area contributed by atoms with Crippen molar-refractivity contribution < 1.29 is 4.79 Å². The molecule has 1 N–H and O–H groups in total. The molecule has 3 rings (SSSR count). The molecule has 1 aliphatic heterocycles. The van der Waals surface area contributed by atoms with Gasteiger partial charge < -0.3 is 10.2 Å². The van der Waals surface area contributed by atoms with Gasteiger partial charge in [-0.05, 0) is 35.9 Å². The third-order valence-electron chi connectivity index (χ3n) is 3.70. The summed E-state index contributed by atoms with van der Waals surface area (Å²) in [7, 11) is 0. The zero-order chi connectivity index (χ0) is 13.8. The van der Waals surface area contributed by atoms with E-state index >= 15 is 0 Å². The van der Waals surface area contributed by atoms with E-state index in [4.69, 9.17) is 0 Å². The average molecular weight is 286 g/mol. The van der Waals surface area contributed by atoms with E-state index < -0.39 is 0 Å². The Bertz CT molecular complexity index is 553. The molecular formula is C16H18N2OS. The lowest BCUT2D eigenvalue weighted by Crippen LogP contribution is -2.30. The summed E-state index contributed by atoms with van der Waals surface area (Å²) in [5, 5.41) is 4.98. The molecule has 0 spiro atoms. The fourth-order valence-electron chi connectivity index (χ4n) is 2.60. The summed E-state index contributed by atoms with van der Waals surface area (Å²) in [4.78, 5) is 15.1. The monoisotopic (exact) mass is 286 g/mol. The van der Waals surface area contributed by atoms with Crippen LogP contribution < -0.4 is 10.2 Å². The number of para-hydroxylation sites is 1. The minimum Gasteiger partial charge on any atom is -0.371 e. The molecule has 1 saturated heterocycles. The molecule has 2 aromatic rings. The Hall–Kier alpha value is -1.81. The van der Waals surface area contributed by atoms with Gasteiger partial charge in [0.15, 0.2) is 0 Å². The van der Waals surface area contributed by atoms with Gasteiger partial charge in [-0.25, -0.2) is 0 Å². The van der Waals surface area contributed by atoms with E-state index in [1.165, 1.54) is 17.0 Å². The van der Waals surface area contributed by atoms with Crippen molar-refractivity contribution in [2.75, 3.05) is 24.5 Å². The van der Waals surface area contributed by atoms with Crippen LogP contribution in [0.25, 0.3) is 0 Å². The van der Waals surface area contributed by atoms with Crippen molar-refractivity contribution in [2.45, 2.75) is 6.42 Å². The van der Waals surface area contributed by atoms with Crippen LogP contribution in [-0.4, -0.2) is 25.5 Å². The molecular weight excluding hydrogens is 268 g/mol. The summed E-state index contributed by atoms with van der Waals surface area (Å²) >= 11 is 1.49. The number of hydrogen-bond acceptors (Lipinski definition) is 3. The molecule has 3 nitrogen and oxygen atoms in total. The van der Waals surface area contributed by atoms with Crippen LogP contribution in [0.5, 0.6) is 0 Å². The first-order valence-corrected chi connectivity index (χ1v) is 7.82. The van der Waals surface area contributed by atoms with Gasteiger partial charge in [0.05, 0.1) is 4.88 Å². The van der Waals surface area contributed by atoms with Crippen molar-refractivity contribution in [2.24, 2.45) is 5.92 Å². The number of carbonyl (C=O) groups excluding carboxylic acids is 1. The molecule has 0 aliphatic carbocycles. The average Bonchev–Trinajstić information content (AvgIpc) is 3.17. The summed E-state index contributed by atoms with van der Waals surface area (Å²) in [5.74, 6) is 0.595. The summed E-state index contributed by atoms with van der Waals surface area (Å²) in [6.45, 7) is 2.86. The fraction of sp³-hybridized carbons (Fsp3) is 0.312. The minimum atomic E-state index is 0.0539. The summed E-state index contributed by atoms with van der Waals surface area (Å²) in [6.07, 6.45) is 1.14. The number of benzene rings is 1. The van der Waals surface area contributed by atoms with E-state index in [-0.39, 0.29) is 5.91 Å². The van der Waals surface area contributed by atoms with Crippen LogP contribution in [0.2, 0.25) is 0 Å². The van der Waals surface area contributed by atoms with Crippen LogP contribution in [0, 0.1) is 5.92 Å². The van der Waals surface area contributed by atoms with Crippen LogP contribution in [-0.2, 0) is 0 Å². The molecule has 4 heteroatoms. The molecule has 1 atom stereocenters. The van der Waals surface area contributed by atoms with Gasteiger partial charge in [-0.2, -0.15) is 0 Å². The van der Waals surface area contributed by atoms with Crippen LogP contribution in [0.3, 0.4) is 0 Å². The molecule has 1 aromatic carbocycles. The minimum absolute atomic E-state index is 0.0539. The second-order valence-corrected chi connectivity index (χ2v) is 6.07. The van der Waals surface area contributed by atoms with Crippen LogP contribution in [0.15, 0.2) is 47.8 Å². The summed E-state index contributed by atoms with van der Waals surface area (Å²) in [6, 6.07) is 14.2. The van der Waals surface area contributed by atoms with Gasteiger partial charge >= 0.3 is 0 Å². The third-order valence-corrected chi connectivity index (χ3v) is 4.57. The summed E-state index contributed by atoms with van der Waals surface area (Å²) in [5.41, 5.74) is 1.28. The maximum atomic E-state index is 11.9. The normalized spacial score (nSPS) is 18.2. The topological polar surface area (TPSA) is 32.3 Å². The Balaban J connectivity index is 1.50. The number of nitrogens with one attached hydrogen (secondary N) is 1. The van der Waals surface area contributed by atoms with E-state index in [0.717, 1.165) is 30.9 Å². The first-order valence-electron chi connectivity index (χ1n) is 6.94. The molecule has 0 unspecified atom stereocenters. The molecule has 1 aliphatic rings. The van der Waals surface area contributed by atoms with Crippen molar-refractivity contribution in [3.8, 4) is 0 Å². The van der Waals surface area contributed by atoms with Gasteiger partial charge in [-0.15, -0.1) is 11.3 Å². The van der Waals surface area contributed by atoms with Crippen molar-refractivity contribution >= 4 is 22.9 Å². The Morgan fingerprint density at radius 1 is 1.25 bits per heavy atom. The largest absolute Gasteiger partial charge is 0.371 e. The number of anilines is 1. The highest BCUT2D eigenvalue weighted by Crippen LogP contribution is 2.23. The fourth-order valence-corrected chi connectivity index (χ4v) is 3.24. The van der Waals surface area contributed by atoms with Crippen molar-refractivity contribution in [3.05, 3.63) is 52.7 Å². The first-order chi connectivity index (χ1) is 9.83. The standard InChI is InChI=1S/C16H18N2OS/c19-16(15-7-4-10-20-15)17-11-13-8-9-18(12-13)14-5-2-1-3-6-14/h1-7,10,13H,8-9,11-12H2,(H,17,19)/t13-/m1/s1. The molecule has 0 bridgehead atoms. The predicted octanol–water partition coefficient (Wildman–Crippen LogP) is 3.00. The maximum absolute atomic E-state index is 11.9. The number of carbonyl (C=O) groups is 1. The second kappa shape index (κ2) is 6.09. The Labute approximate surface area is 123 Å². The van der Waals surface area contributed by atoms with E-state index in [1.54, 1.807) is 0 Å². The van der Waals surface area contributed by atoms with Gasteiger partial charge in [0, 0.05) is 25.3 Å². The molecule has 2 heterocycles. The Morgan fingerprint density at radius 3 is 2.85 bits per heavy atom. The zero-order valence-electron chi connectivity index (χ0n) is 11.3. The predicted molar refractivity (Wildman–Crippen MR) is 83.4 cm³/mol. The Morgan fingerprint density at radius 2 is 2.10 bits per heavy atom. The lowest BCUT2D eigenvalue weighted by Gasteiger charge is -2.18.